The number of rotatable bonds is 5. The summed E-state index contributed by atoms with van der Waals surface area (Å²) in [5, 5.41) is 10.3. The van der Waals surface area contributed by atoms with Crippen molar-refractivity contribution in [1.29, 1.82) is 0 Å². The Morgan fingerprint density at radius 1 is 1.08 bits per heavy atom. The van der Waals surface area contributed by atoms with Crippen LogP contribution in [0.1, 0.15) is 10.4 Å². The minimum absolute atomic E-state index is 0.278. The molecule has 0 spiro atoms. The summed E-state index contributed by atoms with van der Waals surface area (Å²) in [5.41, 5.74) is -1.70. The summed E-state index contributed by atoms with van der Waals surface area (Å²) in [7, 11) is 0. The largest absolute Gasteiger partial charge is 0.477 e. The average Bonchev–Trinajstić information content (AvgIpc) is 2.52. The van der Waals surface area contributed by atoms with Crippen LogP contribution in [0.25, 0.3) is 0 Å². The van der Waals surface area contributed by atoms with Crippen molar-refractivity contribution >= 4 is 40.6 Å². The summed E-state index contributed by atoms with van der Waals surface area (Å²) in [5.74, 6) is -5.79. The lowest BCUT2D eigenvalue weighted by Gasteiger charge is -2.07. The molecule has 2 aromatic rings. The predicted octanol–water partition coefficient (Wildman–Crippen LogP) is 4.07. The number of nitrogens with one attached hydrogen (secondary N) is 1. The number of halogens is 5. The van der Waals surface area contributed by atoms with Gasteiger partial charge in [-0.15, -0.1) is 0 Å². The Morgan fingerprint density at radius 3 is 2.36 bits per heavy atom. The van der Waals surface area contributed by atoms with Crippen molar-refractivity contribution in [2.45, 2.75) is 0 Å². The van der Waals surface area contributed by atoms with Crippen molar-refractivity contribution in [2.75, 3.05) is 5.32 Å². The number of benzene rings is 1. The zero-order valence-corrected chi connectivity index (χ0v) is 13.5. The number of aliphatic carboxylic acids is 1. The maximum absolute atomic E-state index is 13.5. The molecule has 0 saturated carbocycles. The summed E-state index contributed by atoms with van der Waals surface area (Å²) < 4.78 is 39.8. The Morgan fingerprint density at radius 2 is 1.76 bits per heavy atom. The van der Waals surface area contributed by atoms with Crippen molar-refractivity contribution in [2.24, 2.45) is 0 Å². The third-order valence-corrected chi connectivity index (χ3v) is 3.46. The van der Waals surface area contributed by atoms with Gasteiger partial charge in [0.15, 0.2) is 11.0 Å². The van der Waals surface area contributed by atoms with Crippen molar-refractivity contribution in [3.63, 3.8) is 0 Å². The lowest BCUT2D eigenvalue weighted by atomic mass is 10.1. The first kappa shape index (κ1) is 18.8. The fraction of sp³-hybridized carbons (Fsp3) is 0. The summed E-state index contributed by atoms with van der Waals surface area (Å²) in [6.45, 7) is 0. The molecular formula is C15H7Cl2F3N2O3. The Bertz CT molecular complexity index is 904. The van der Waals surface area contributed by atoms with E-state index in [1.807, 2.05) is 0 Å². The molecule has 1 aromatic carbocycles. The van der Waals surface area contributed by atoms with Gasteiger partial charge in [-0.2, -0.15) is 0 Å². The van der Waals surface area contributed by atoms with Crippen LogP contribution >= 0.6 is 23.2 Å². The van der Waals surface area contributed by atoms with Gasteiger partial charge in [-0.1, -0.05) is 23.2 Å². The molecule has 1 heterocycles. The Balaban J connectivity index is 2.39. The molecule has 25 heavy (non-hydrogen) atoms. The van der Waals surface area contributed by atoms with Gasteiger partial charge in [-0.25, -0.2) is 22.9 Å². The number of hydrogen-bond donors (Lipinski definition) is 2. The monoisotopic (exact) mass is 390 g/mol. The van der Waals surface area contributed by atoms with E-state index in [1.54, 1.807) is 0 Å². The number of carbonyl (C=O) groups is 2. The average molecular weight is 391 g/mol. The molecule has 2 N–H and O–H groups in total. The lowest BCUT2D eigenvalue weighted by Crippen LogP contribution is -2.15. The molecule has 0 radical (unpaired) electrons. The lowest BCUT2D eigenvalue weighted by molar-refractivity contribution is -0.132. The normalized spacial score (nSPS) is 11.3. The van der Waals surface area contributed by atoms with Crippen LogP contribution in [-0.4, -0.2) is 21.8 Å². The van der Waals surface area contributed by atoms with Crippen LogP contribution < -0.4 is 5.32 Å². The highest BCUT2D eigenvalue weighted by Crippen LogP contribution is 2.23. The van der Waals surface area contributed by atoms with E-state index < -0.39 is 50.6 Å². The fourth-order valence-corrected chi connectivity index (χ4v) is 2.14. The van der Waals surface area contributed by atoms with Crippen LogP contribution in [0.4, 0.5) is 18.9 Å². The number of ketones is 1. The molecule has 0 atom stereocenters. The molecule has 5 nitrogen and oxygen atoms in total. The van der Waals surface area contributed by atoms with Crippen molar-refractivity contribution in [3.8, 4) is 0 Å². The first-order valence-electron chi connectivity index (χ1n) is 6.42. The van der Waals surface area contributed by atoms with Crippen molar-refractivity contribution in [1.82, 2.24) is 4.98 Å². The smallest absolute Gasteiger partial charge is 0.341 e. The number of carboxylic acids is 1. The zero-order valence-electron chi connectivity index (χ0n) is 12.0. The highest BCUT2D eigenvalue weighted by molar-refractivity contribution is 6.37. The molecule has 0 unspecified atom stereocenters. The summed E-state index contributed by atoms with van der Waals surface area (Å²) in [4.78, 5) is 26.9. The maximum atomic E-state index is 13.5. The van der Waals surface area contributed by atoms with Gasteiger partial charge in [0.1, 0.15) is 22.4 Å². The quantitative estimate of drug-likeness (QED) is 0.264. The van der Waals surface area contributed by atoms with Crippen LogP contribution in [0.15, 0.2) is 36.0 Å². The van der Waals surface area contributed by atoms with Crippen molar-refractivity contribution < 1.29 is 27.9 Å². The van der Waals surface area contributed by atoms with E-state index in [2.05, 4.69) is 10.3 Å². The topological polar surface area (TPSA) is 79.3 Å². The number of pyridine rings is 1. The van der Waals surface area contributed by atoms with Gasteiger partial charge < -0.3 is 10.4 Å². The molecule has 0 fully saturated rings. The van der Waals surface area contributed by atoms with Gasteiger partial charge in [-0.3, -0.25) is 4.79 Å². The molecular weight excluding hydrogens is 384 g/mol. The van der Waals surface area contributed by atoms with Gasteiger partial charge >= 0.3 is 5.97 Å². The molecule has 1 aromatic heterocycles. The number of Topliss-reactive ketones (excluding diaryl/α,β-unsaturated/α-hetero) is 1. The van der Waals surface area contributed by atoms with Crippen molar-refractivity contribution in [3.05, 3.63) is 69.4 Å². The Labute approximate surface area is 148 Å². The second-order valence-corrected chi connectivity index (χ2v) is 5.28. The second-order valence-electron chi connectivity index (χ2n) is 4.56. The van der Waals surface area contributed by atoms with E-state index in [0.717, 1.165) is 12.1 Å². The highest BCUT2D eigenvalue weighted by Gasteiger charge is 2.24. The molecule has 0 bridgehead atoms. The minimum Gasteiger partial charge on any atom is -0.477 e. The van der Waals surface area contributed by atoms with E-state index in [9.17, 15) is 22.8 Å². The number of carbonyl (C=O) groups excluding carboxylic acids is 1. The van der Waals surface area contributed by atoms with Crippen LogP contribution in [0, 0.1) is 17.5 Å². The van der Waals surface area contributed by atoms with Gasteiger partial charge in [0.25, 0.3) is 0 Å². The molecule has 0 aliphatic heterocycles. The van der Waals surface area contributed by atoms with E-state index in [1.165, 1.54) is 0 Å². The first-order chi connectivity index (χ1) is 11.7. The van der Waals surface area contributed by atoms with E-state index >= 15 is 0 Å². The second kappa shape index (κ2) is 7.54. The predicted molar refractivity (Wildman–Crippen MR) is 84.2 cm³/mol. The summed E-state index contributed by atoms with van der Waals surface area (Å²) in [6.07, 6.45) is 0.670. The first-order valence-corrected chi connectivity index (χ1v) is 7.17. The summed E-state index contributed by atoms with van der Waals surface area (Å²) in [6, 6.07) is 3.13. The maximum Gasteiger partial charge on any atom is 0.341 e. The van der Waals surface area contributed by atoms with Gasteiger partial charge in [0.2, 0.25) is 5.78 Å². The molecule has 0 aliphatic rings. The third-order valence-electron chi connectivity index (χ3n) is 2.91. The number of aromatic nitrogens is 1. The molecule has 130 valence electrons. The number of carboxylic acid groups (broad SMARTS) is 1. The Kier molecular flexibility index (Phi) is 5.66. The van der Waals surface area contributed by atoms with E-state index in [0.29, 0.717) is 18.3 Å². The molecule has 10 heteroatoms. The zero-order chi connectivity index (χ0) is 18.7. The fourth-order valence-electron chi connectivity index (χ4n) is 1.73. The van der Waals surface area contributed by atoms with Crippen LogP contribution in [0.5, 0.6) is 0 Å². The molecule has 0 aliphatic carbocycles. The number of nitrogens with zero attached hydrogens (tertiary/aromatic N) is 1. The standard InChI is InChI=1S/C15H7Cl2F3N2O3/c16-13-7(4-10(20)14(17)22-13)12(23)8(15(24)25)5-21-11-2-1-6(18)3-9(11)19/h1-5,21H,(H,24,25)/b8-5-. The Hall–Kier alpha value is -2.58. The van der Waals surface area contributed by atoms with Crippen LogP contribution in [-0.2, 0) is 4.79 Å². The summed E-state index contributed by atoms with van der Waals surface area (Å²) >= 11 is 11.1. The van der Waals surface area contributed by atoms with Gasteiger partial charge in [0, 0.05) is 12.3 Å². The van der Waals surface area contributed by atoms with E-state index in [-0.39, 0.29) is 5.69 Å². The van der Waals surface area contributed by atoms with Gasteiger partial charge in [-0.05, 0) is 18.2 Å². The highest BCUT2D eigenvalue weighted by atomic mass is 35.5. The SMILES string of the molecule is O=C(O)/C(=C\Nc1ccc(F)cc1F)C(=O)c1cc(F)c(Cl)nc1Cl. The number of anilines is 1. The molecule has 0 amide bonds. The van der Waals surface area contributed by atoms with Crippen LogP contribution in [0.3, 0.4) is 0 Å². The molecule has 0 saturated heterocycles. The van der Waals surface area contributed by atoms with E-state index in [4.69, 9.17) is 28.3 Å². The molecule has 2 rings (SSSR count). The number of hydrogen-bond acceptors (Lipinski definition) is 4. The minimum atomic E-state index is -1.69. The van der Waals surface area contributed by atoms with Crippen LogP contribution in [0.2, 0.25) is 10.3 Å². The van der Waals surface area contributed by atoms with Gasteiger partial charge in [0.05, 0.1) is 11.3 Å². The third kappa shape index (κ3) is 4.28.